The number of ether oxygens (including phenoxy) is 1. The molecule has 1 N–H and O–H groups in total. The monoisotopic (exact) mass is 388 g/mol. The minimum atomic E-state index is -0.563. The molecule has 144 valence electrons. The van der Waals surface area contributed by atoms with Crippen molar-refractivity contribution in [3.8, 4) is 5.75 Å². The lowest BCUT2D eigenvalue weighted by Crippen LogP contribution is -2.49. The van der Waals surface area contributed by atoms with Gasteiger partial charge in [-0.2, -0.15) is 0 Å². The number of rotatable bonds is 8. The molecule has 2 aromatic carbocycles. The second-order valence-corrected chi connectivity index (χ2v) is 6.73. The highest BCUT2D eigenvalue weighted by atomic mass is 35.5. The van der Waals surface area contributed by atoms with Crippen molar-refractivity contribution in [2.75, 3.05) is 13.7 Å². The van der Waals surface area contributed by atoms with Crippen LogP contribution < -0.4 is 10.1 Å². The van der Waals surface area contributed by atoms with E-state index in [0.29, 0.717) is 23.7 Å². The summed E-state index contributed by atoms with van der Waals surface area (Å²) in [6, 6.07) is 14.2. The quantitative estimate of drug-likeness (QED) is 0.751. The number of hydrogen-bond acceptors (Lipinski definition) is 3. The van der Waals surface area contributed by atoms with Crippen LogP contribution in [0.25, 0.3) is 0 Å². The summed E-state index contributed by atoms with van der Waals surface area (Å²) in [6.07, 6.45) is 0.508. The van der Waals surface area contributed by atoms with Gasteiger partial charge >= 0.3 is 0 Å². The molecule has 27 heavy (non-hydrogen) atoms. The van der Waals surface area contributed by atoms with E-state index >= 15 is 0 Å². The third kappa shape index (κ3) is 6.00. The fourth-order valence-corrected chi connectivity index (χ4v) is 2.94. The molecule has 0 aromatic heterocycles. The fourth-order valence-electron chi connectivity index (χ4n) is 2.76. The van der Waals surface area contributed by atoms with Crippen molar-refractivity contribution >= 4 is 23.4 Å². The molecule has 0 aliphatic carbocycles. The number of aryl methyl sites for hydroxylation is 1. The first-order valence-corrected chi connectivity index (χ1v) is 9.27. The zero-order valence-corrected chi connectivity index (χ0v) is 16.6. The fraction of sp³-hybridized carbons (Fsp3) is 0.333. The molecule has 0 heterocycles. The van der Waals surface area contributed by atoms with Gasteiger partial charge in [-0.15, -0.1) is 0 Å². The van der Waals surface area contributed by atoms with E-state index in [0.717, 1.165) is 11.1 Å². The third-order valence-corrected chi connectivity index (χ3v) is 4.50. The maximum atomic E-state index is 12.9. The van der Waals surface area contributed by atoms with Crippen LogP contribution in [0.1, 0.15) is 24.5 Å². The van der Waals surface area contributed by atoms with Crippen LogP contribution in [0, 0.1) is 6.92 Å². The normalized spacial score (nSPS) is 11.6. The van der Waals surface area contributed by atoms with Crippen LogP contribution in [0.2, 0.25) is 5.02 Å². The molecular weight excluding hydrogens is 364 g/mol. The SMILES string of the molecule is CCC(C(=O)NC)N(Cc1ccc(C)cc1)C(=O)COc1cccc(Cl)c1. The van der Waals surface area contributed by atoms with Gasteiger partial charge in [-0.1, -0.05) is 54.4 Å². The number of benzene rings is 2. The van der Waals surface area contributed by atoms with E-state index in [1.165, 1.54) is 0 Å². The Bertz CT molecular complexity index is 777. The van der Waals surface area contributed by atoms with Crippen LogP contribution in [-0.2, 0) is 16.1 Å². The summed E-state index contributed by atoms with van der Waals surface area (Å²) in [5.74, 6) is 0.0610. The Morgan fingerprint density at radius 1 is 1.19 bits per heavy atom. The van der Waals surface area contributed by atoms with E-state index in [9.17, 15) is 9.59 Å². The number of nitrogens with one attached hydrogen (secondary N) is 1. The second kappa shape index (κ2) is 9.97. The van der Waals surface area contributed by atoms with Crippen molar-refractivity contribution in [2.45, 2.75) is 32.9 Å². The summed E-state index contributed by atoms with van der Waals surface area (Å²) < 4.78 is 5.59. The Morgan fingerprint density at radius 2 is 1.89 bits per heavy atom. The zero-order chi connectivity index (χ0) is 19.8. The smallest absolute Gasteiger partial charge is 0.261 e. The first-order valence-electron chi connectivity index (χ1n) is 8.89. The molecular formula is C21H25ClN2O3. The molecule has 0 bridgehead atoms. The average molecular weight is 389 g/mol. The van der Waals surface area contributed by atoms with Gasteiger partial charge in [-0.05, 0) is 37.1 Å². The van der Waals surface area contributed by atoms with Crippen molar-refractivity contribution in [2.24, 2.45) is 0 Å². The van der Waals surface area contributed by atoms with E-state index in [2.05, 4.69) is 5.32 Å². The van der Waals surface area contributed by atoms with Crippen LogP contribution in [0.4, 0.5) is 0 Å². The predicted octanol–water partition coefficient (Wildman–Crippen LogP) is 3.58. The maximum Gasteiger partial charge on any atom is 0.261 e. The molecule has 0 aliphatic rings. The van der Waals surface area contributed by atoms with E-state index in [4.69, 9.17) is 16.3 Å². The molecule has 2 aromatic rings. The molecule has 5 nitrogen and oxygen atoms in total. The Balaban J connectivity index is 2.17. The van der Waals surface area contributed by atoms with Gasteiger partial charge in [0.25, 0.3) is 5.91 Å². The van der Waals surface area contributed by atoms with E-state index in [-0.39, 0.29) is 18.4 Å². The van der Waals surface area contributed by atoms with Crippen molar-refractivity contribution in [1.82, 2.24) is 10.2 Å². The number of amides is 2. The minimum Gasteiger partial charge on any atom is -0.484 e. The molecule has 1 unspecified atom stereocenters. The molecule has 0 radical (unpaired) electrons. The van der Waals surface area contributed by atoms with Crippen molar-refractivity contribution < 1.29 is 14.3 Å². The van der Waals surface area contributed by atoms with Crippen LogP contribution in [-0.4, -0.2) is 36.4 Å². The maximum absolute atomic E-state index is 12.9. The molecule has 2 amide bonds. The first kappa shape index (κ1) is 20.8. The Hall–Kier alpha value is -2.53. The lowest BCUT2D eigenvalue weighted by Gasteiger charge is -2.30. The summed E-state index contributed by atoms with van der Waals surface area (Å²) in [4.78, 5) is 26.7. The zero-order valence-electron chi connectivity index (χ0n) is 15.9. The minimum absolute atomic E-state index is 0.167. The number of likely N-dealkylation sites (N-methyl/N-ethyl adjacent to an activating group) is 1. The van der Waals surface area contributed by atoms with Gasteiger partial charge in [0.2, 0.25) is 5.91 Å². The molecule has 1 atom stereocenters. The summed E-state index contributed by atoms with van der Waals surface area (Å²) in [5.41, 5.74) is 2.10. The van der Waals surface area contributed by atoms with Gasteiger partial charge in [-0.3, -0.25) is 9.59 Å². The first-order chi connectivity index (χ1) is 12.9. The van der Waals surface area contributed by atoms with Gasteiger partial charge in [0.1, 0.15) is 11.8 Å². The van der Waals surface area contributed by atoms with Crippen LogP contribution in [0.5, 0.6) is 5.75 Å². The van der Waals surface area contributed by atoms with Gasteiger partial charge in [0.15, 0.2) is 6.61 Å². The highest BCUT2D eigenvalue weighted by molar-refractivity contribution is 6.30. The van der Waals surface area contributed by atoms with Gasteiger partial charge in [-0.25, -0.2) is 0 Å². The molecule has 0 aliphatic heterocycles. The van der Waals surface area contributed by atoms with Crippen molar-refractivity contribution in [3.05, 3.63) is 64.7 Å². The van der Waals surface area contributed by atoms with Crippen molar-refractivity contribution in [1.29, 1.82) is 0 Å². The summed E-state index contributed by atoms with van der Waals surface area (Å²) in [7, 11) is 1.57. The number of nitrogens with zero attached hydrogens (tertiary/aromatic N) is 1. The molecule has 0 fully saturated rings. The second-order valence-electron chi connectivity index (χ2n) is 6.29. The van der Waals surface area contributed by atoms with E-state index < -0.39 is 6.04 Å². The molecule has 0 saturated carbocycles. The Kier molecular flexibility index (Phi) is 7.67. The molecule has 0 spiro atoms. The lowest BCUT2D eigenvalue weighted by molar-refractivity contribution is -0.142. The number of hydrogen-bond donors (Lipinski definition) is 1. The Morgan fingerprint density at radius 3 is 2.48 bits per heavy atom. The van der Waals surface area contributed by atoms with E-state index in [1.54, 1.807) is 36.2 Å². The predicted molar refractivity (Wildman–Crippen MR) is 107 cm³/mol. The number of carbonyl (C=O) groups is 2. The van der Waals surface area contributed by atoms with Crippen LogP contribution in [0.15, 0.2) is 48.5 Å². The van der Waals surface area contributed by atoms with Crippen molar-refractivity contribution in [3.63, 3.8) is 0 Å². The van der Waals surface area contributed by atoms with Crippen LogP contribution >= 0.6 is 11.6 Å². The molecule has 2 rings (SSSR count). The number of carbonyl (C=O) groups excluding carboxylic acids is 2. The Labute approximate surface area is 165 Å². The lowest BCUT2D eigenvalue weighted by atomic mass is 10.1. The summed E-state index contributed by atoms with van der Waals surface area (Å²) in [6.45, 7) is 4.06. The third-order valence-electron chi connectivity index (χ3n) is 4.26. The van der Waals surface area contributed by atoms with Gasteiger partial charge < -0.3 is 15.0 Å². The molecule has 0 saturated heterocycles. The summed E-state index contributed by atoms with van der Waals surface area (Å²) in [5, 5.41) is 3.17. The highest BCUT2D eigenvalue weighted by Crippen LogP contribution is 2.18. The highest BCUT2D eigenvalue weighted by Gasteiger charge is 2.28. The standard InChI is InChI=1S/C21H25ClN2O3/c1-4-19(21(26)23-3)24(13-16-10-8-15(2)9-11-16)20(25)14-27-18-7-5-6-17(22)12-18/h5-12,19H,4,13-14H2,1-3H3,(H,23,26). The van der Waals surface area contributed by atoms with Crippen LogP contribution in [0.3, 0.4) is 0 Å². The van der Waals surface area contributed by atoms with Gasteiger partial charge in [0, 0.05) is 18.6 Å². The molecule has 6 heteroatoms. The van der Waals surface area contributed by atoms with Gasteiger partial charge in [0.05, 0.1) is 0 Å². The average Bonchev–Trinajstić information content (AvgIpc) is 2.67. The topological polar surface area (TPSA) is 58.6 Å². The summed E-state index contributed by atoms with van der Waals surface area (Å²) >= 11 is 5.95. The van der Waals surface area contributed by atoms with E-state index in [1.807, 2.05) is 38.1 Å². The largest absolute Gasteiger partial charge is 0.484 e. The number of halogens is 1.